The molecule has 0 saturated carbocycles. The average molecular weight is 535 g/mol. The molecule has 0 fully saturated rings. The van der Waals surface area contributed by atoms with E-state index in [9.17, 15) is 13.2 Å². The van der Waals surface area contributed by atoms with Gasteiger partial charge in [-0.1, -0.05) is 70.0 Å². The van der Waals surface area contributed by atoms with Crippen LogP contribution in [-0.2, 0) is 21.2 Å². The summed E-state index contributed by atoms with van der Waals surface area (Å²) in [5.41, 5.74) is 4.07. The van der Waals surface area contributed by atoms with Gasteiger partial charge >= 0.3 is 0 Å². The van der Waals surface area contributed by atoms with Crippen molar-refractivity contribution in [3.63, 3.8) is 0 Å². The van der Waals surface area contributed by atoms with Crippen LogP contribution >= 0.6 is 27.5 Å². The van der Waals surface area contributed by atoms with Crippen LogP contribution in [0.4, 0.5) is 0 Å². The lowest BCUT2D eigenvalue weighted by Crippen LogP contribution is -2.40. The number of nitrogens with zero attached hydrogens (tertiary/aromatic N) is 2. The molecule has 9 heteroatoms. The van der Waals surface area contributed by atoms with Gasteiger partial charge in [0.1, 0.15) is 0 Å². The maximum atomic E-state index is 13.2. The molecule has 0 unspecified atom stereocenters. The summed E-state index contributed by atoms with van der Waals surface area (Å²) in [7, 11) is -3.88. The van der Waals surface area contributed by atoms with Crippen molar-refractivity contribution < 1.29 is 13.2 Å². The second-order valence-electron chi connectivity index (χ2n) is 6.88. The van der Waals surface area contributed by atoms with Gasteiger partial charge in [-0.3, -0.25) is 4.79 Å². The highest BCUT2D eigenvalue weighted by molar-refractivity contribution is 9.10. The zero-order valence-corrected chi connectivity index (χ0v) is 20.1. The highest BCUT2D eigenvalue weighted by Gasteiger charge is 2.26. The van der Waals surface area contributed by atoms with Crippen molar-refractivity contribution in [3.8, 4) is 0 Å². The van der Waals surface area contributed by atoms with E-state index in [1.807, 2.05) is 30.3 Å². The van der Waals surface area contributed by atoms with Crippen molar-refractivity contribution >= 4 is 49.7 Å². The molecule has 3 rings (SSSR count). The number of hydrazone groups is 1. The van der Waals surface area contributed by atoms with Crippen molar-refractivity contribution in [2.45, 2.75) is 11.3 Å². The summed E-state index contributed by atoms with van der Waals surface area (Å²) >= 11 is 9.24. The van der Waals surface area contributed by atoms with Crippen LogP contribution in [0.2, 0.25) is 5.02 Å². The molecule has 0 atom stereocenters. The SMILES string of the molecule is O=C(CN(CCc1ccccc1)S(=O)(=O)c1ccc(Br)cc1)N/N=C\c1cccc(Cl)c1. The Morgan fingerprint density at radius 3 is 2.44 bits per heavy atom. The molecule has 0 radical (unpaired) electrons. The third-order valence-electron chi connectivity index (χ3n) is 4.52. The van der Waals surface area contributed by atoms with E-state index in [4.69, 9.17) is 11.6 Å². The number of sulfonamides is 1. The van der Waals surface area contributed by atoms with Crippen LogP contribution in [0.3, 0.4) is 0 Å². The number of halogens is 2. The van der Waals surface area contributed by atoms with E-state index in [0.717, 1.165) is 14.3 Å². The normalized spacial score (nSPS) is 11.7. The summed E-state index contributed by atoms with van der Waals surface area (Å²) in [6.07, 6.45) is 1.91. The zero-order valence-electron chi connectivity index (χ0n) is 17.0. The fourth-order valence-electron chi connectivity index (χ4n) is 2.90. The van der Waals surface area contributed by atoms with E-state index in [-0.39, 0.29) is 18.0 Å². The van der Waals surface area contributed by atoms with Gasteiger partial charge in [-0.25, -0.2) is 13.8 Å². The maximum absolute atomic E-state index is 13.2. The van der Waals surface area contributed by atoms with Gasteiger partial charge in [0, 0.05) is 16.0 Å². The maximum Gasteiger partial charge on any atom is 0.255 e. The Morgan fingerprint density at radius 2 is 1.75 bits per heavy atom. The monoisotopic (exact) mass is 533 g/mol. The number of benzene rings is 3. The lowest BCUT2D eigenvalue weighted by molar-refractivity contribution is -0.121. The van der Waals surface area contributed by atoms with Crippen molar-refractivity contribution in [1.29, 1.82) is 0 Å². The minimum Gasteiger partial charge on any atom is -0.272 e. The highest BCUT2D eigenvalue weighted by atomic mass is 79.9. The average Bonchev–Trinajstić information content (AvgIpc) is 2.77. The van der Waals surface area contributed by atoms with Crippen LogP contribution in [0.5, 0.6) is 0 Å². The van der Waals surface area contributed by atoms with Crippen LogP contribution in [0.25, 0.3) is 0 Å². The lowest BCUT2D eigenvalue weighted by Gasteiger charge is -2.21. The summed E-state index contributed by atoms with van der Waals surface area (Å²) in [5, 5.41) is 4.46. The minimum atomic E-state index is -3.88. The molecule has 0 heterocycles. The van der Waals surface area contributed by atoms with Gasteiger partial charge in [-0.05, 0) is 53.9 Å². The number of hydrogen-bond donors (Lipinski definition) is 1. The number of nitrogens with one attached hydrogen (secondary N) is 1. The van der Waals surface area contributed by atoms with E-state index in [1.165, 1.54) is 18.3 Å². The van der Waals surface area contributed by atoms with Gasteiger partial charge in [-0.15, -0.1) is 0 Å². The standard InChI is InChI=1S/C23H21BrClN3O3S/c24-20-9-11-22(12-10-20)32(30,31)28(14-13-18-5-2-1-3-6-18)17-23(29)27-26-16-19-7-4-8-21(25)15-19/h1-12,15-16H,13-14,17H2,(H,27,29)/b26-16-. The molecule has 0 aromatic heterocycles. The summed E-state index contributed by atoms with van der Waals surface area (Å²) in [4.78, 5) is 12.6. The first-order chi connectivity index (χ1) is 15.3. The molecule has 1 N–H and O–H groups in total. The van der Waals surface area contributed by atoms with E-state index < -0.39 is 15.9 Å². The van der Waals surface area contributed by atoms with E-state index in [2.05, 4.69) is 26.5 Å². The molecular formula is C23H21BrClN3O3S. The van der Waals surface area contributed by atoms with Gasteiger partial charge in [0.15, 0.2) is 0 Å². The molecule has 3 aromatic carbocycles. The number of amides is 1. The van der Waals surface area contributed by atoms with Crippen molar-refractivity contribution in [3.05, 3.63) is 99.5 Å². The van der Waals surface area contributed by atoms with Crippen LogP contribution in [-0.4, -0.2) is 37.9 Å². The molecule has 32 heavy (non-hydrogen) atoms. The van der Waals surface area contributed by atoms with Gasteiger partial charge < -0.3 is 0 Å². The predicted molar refractivity (Wildman–Crippen MR) is 130 cm³/mol. The van der Waals surface area contributed by atoms with Gasteiger partial charge in [-0.2, -0.15) is 9.41 Å². The van der Waals surface area contributed by atoms with Crippen LogP contribution < -0.4 is 5.43 Å². The van der Waals surface area contributed by atoms with Crippen molar-refractivity contribution in [1.82, 2.24) is 9.73 Å². The number of carbonyl (C=O) groups is 1. The molecule has 3 aromatic rings. The van der Waals surface area contributed by atoms with Gasteiger partial charge in [0.05, 0.1) is 17.7 Å². The molecule has 1 amide bonds. The Bertz CT molecular complexity index is 1190. The highest BCUT2D eigenvalue weighted by Crippen LogP contribution is 2.19. The second-order valence-corrected chi connectivity index (χ2v) is 10.2. The Morgan fingerprint density at radius 1 is 1.03 bits per heavy atom. The van der Waals surface area contributed by atoms with Crippen molar-refractivity contribution in [2.24, 2.45) is 5.10 Å². The van der Waals surface area contributed by atoms with E-state index in [0.29, 0.717) is 17.0 Å². The summed E-state index contributed by atoms with van der Waals surface area (Å²) in [5.74, 6) is -0.544. The fraction of sp³-hybridized carbons (Fsp3) is 0.130. The third kappa shape index (κ3) is 7.00. The zero-order chi connectivity index (χ0) is 23.0. The van der Waals surface area contributed by atoms with Crippen LogP contribution in [0, 0.1) is 0 Å². The van der Waals surface area contributed by atoms with E-state index in [1.54, 1.807) is 36.4 Å². The Balaban J connectivity index is 1.73. The first-order valence-corrected chi connectivity index (χ1v) is 12.3. The molecule has 0 saturated heterocycles. The fourth-order valence-corrected chi connectivity index (χ4v) is 4.76. The smallest absolute Gasteiger partial charge is 0.255 e. The van der Waals surface area contributed by atoms with E-state index >= 15 is 0 Å². The molecule has 166 valence electrons. The van der Waals surface area contributed by atoms with Crippen LogP contribution in [0.1, 0.15) is 11.1 Å². The molecule has 0 spiro atoms. The molecule has 0 aliphatic carbocycles. The number of carbonyl (C=O) groups excluding carboxylic acids is 1. The summed E-state index contributed by atoms with van der Waals surface area (Å²) in [6.45, 7) is -0.216. The Kier molecular flexibility index (Phi) is 8.58. The Labute approximate surface area is 201 Å². The summed E-state index contributed by atoms with van der Waals surface area (Å²) < 4.78 is 28.3. The molecule has 6 nitrogen and oxygen atoms in total. The lowest BCUT2D eigenvalue weighted by atomic mass is 10.1. The topological polar surface area (TPSA) is 78.8 Å². The second kappa shape index (κ2) is 11.4. The Hall–Kier alpha value is -2.52. The summed E-state index contributed by atoms with van der Waals surface area (Å²) in [6, 6.07) is 22.8. The molecule has 0 bridgehead atoms. The molecular weight excluding hydrogens is 514 g/mol. The third-order valence-corrected chi connectivity index (χ3v) is 7.14. The number of hydrogen-bond acceptors (Lipinski definition) is 4. The predicted octanol–water partition coefficient (Wildman–Crippen LogP) is 4.49. The number of rotatable bonds is 9. The molecule has 0 aliphatic rings. The van der Waals surface area contributed by atoms with Gasteiger partial charge in [0.2, 0.25) is 10.0 Å². The van der Waals surface area contributed by atoms with Gasteiger partial charge in [0.25, 0.3) is 5.91 Å². The first-order valence-electron chi connectivity index (χ1n) is 9.72. The molecule has 0 aliphatic heterocycles. The largest absolute Gasteiger partial charge is 0.272 e. The minimum absolute atomic E-state index is 0.115. The van der Waals surface area contributed by atoms with Crippen molar-refractivity contribution in [2.75, 3.05) is 13.1 Å². The van der Waals surface area contributed by atoms with Crippen LogP contribution in [0.15, 0.2) is 93.3 Å². The first kappa shape index (κ1) is 24.1. The quantitative estimate of drug-likeness (QED) is 0.325.